The lowest BCUT2D eigenvalue weighted by molar-refractivity contribution is 0.160. The van der Waals surface area contributed by atoms with Crippen LogP contribution in [0.2, 0.25) is 0 Å². The predicted molar refractivity (Wildman–Crippen MR) is 80.0 cm³/mol. The molecule has 0 aromatic carbocycles. The Kier molecular flexibility index (Phi) is 3.71. The van der Waals surface area contributed by atoms with Crippen LogP contribution in [0.1, 0.15) is 62.7 Å². The van der Waals surface area contributed by atoms with Gasteiger partial charge in [-0.3, -0.25) is 4.90 Å². The number of fused-ring (bicyclic) bond motifs is 1. The summed E-state index contributed by atoms with van der Waals surface area (Å²) in [6.07, 6.45) is 6.55. The summed E-state index contributed by atoms with van der Waals surface area (Å²) >= 11 is 0. The molecule has 116 valence electrons. The van der Waals surface area contributed by atoms with Gasteiger partial charge < -0.3 is 9.84 Å². The van der Waals surface area contributed by atoms with Gasteiger partial charge in [-0.2, -0.15) is 4.98 Å². The lowest BCUT2D eigenvalue weighted by atomic mass is 10.0. The number of nitrogens with zero attached hydrogens (tertiary/aromatic N) is 3. The predicted octanol–water partition coefficient (Wildman–Crippen LogP) is 2.33. The Labute approximate surface area is 126 Å². The van der Waals surface area contributed by atoms with Crippen LogP contribution in [0.25, 0.3) is 0 Å². The normalized spacial score (nSPS) is 34.4. The van der Waals surface area contributed by atoms with Crippen LogP contribution < -0.4 is 5.32 Å². The van der Waals surface area contributed by atoms with Gasteiger partial charge in [0.25, 0.3) is 0 Å². The Balaban J connectivity index is 1.48. The topological polar surface area (TPSA) is 54.2 Å². The molecule has 21 heavy (non-hydrogen) atoms. The second kappa shape index (κ2) is 5.69. The molecular weight excluding hydrogens is 264 g/mol. The van der Waals surface area contributed by atoms with Crippen LogP contribution >= 0.6 is 0 Å². The summed E-state index contributed by atoms with van der Waals surface area (Å²) in [6, 6.07) is 0.324. The van der Waals surface area contributed by atoms with Crippen LogP contribution in [0.3, 0.4) is 0 Å². The highest BCUT2D eigenvalue weighted by Crippen LogP contribution is 2.60. The summed E-state index contributed by atoms with van der Waals surface area (Å²) in [7, 11) is 0. The van der Waals surface area contributed by atoms with Gasteiger partial charge in [0.2, 0.25) is 5.89 Å². The van der Waals surface area contributed by atoms with Crippen molar-refractivity contribution in [1.29, 1.82) is 0 Å². The van der Waals surface area contributed by atoms with Crippen molar-refractivity contribution >= 4 is 0 Å². The highest BCUT2D eigenvalue weighted by molar-refractivity contribution is 5.15. The van der Waals surface area contributed by atoms with E-state index in [1.54, 1.807) is 0 Å². The van der Waals surface area contributed by atoms with Crippen molar-refractivity contribution in [3.63, 3.8) is 0 Å². The number of hydrogen-bond donors (Lipinski definition) is 1. The summed E-state index contributed by atoms with van der Waals surface area (Å²) in [6.45, 7) is 6.51. The summed E-state index contributed by atoms with van der Waals surface area (Å²) in [5, 5.41) is 7.74. The maximum atomic E-state index is 5.65. The van der Waals surface area contributed by atoms with E-state index in [4.69, 9.17) is 9.51 Å². The van der Waals surface area contributed by atoms with E-state index in [2.05, 4.69) is 22.3 Å². The zero-order valence-electron chi connectivity index (χ0n) is 12.9. The third-order valence-corrected chi connectivity index (χ3v) is 5.68. The van der Waals surface area contributed by atoms with Gasteiger partial charge in [-0.15, -0.1) is 0 Å². The minimum absolute atomic E-state index is 0.324. The molecule has 0 radical (unpaired) electrons. The first-order valence-electron chi connectivity index (χ1n) is 8.66. The molecule has 1 saturated heterocycles. The van der Waals surface area contributed by atoms with Crippen LogP contribution in [-0.2, 0) is 0 Å². The fourth-order valence-corrected chi connectivity index (χ4v) is 4.47. The molecule has 0 bridgehead atoms. The van der Waals surface area contributed by atoms with Crippen LogP contribution in [0.4, 0.5) is 0 Å². The zero-order valence-corrected chi connectivity index (χ0v) is 12.9. The molecule has 1 aliphatic heterocycles. The van der Waals surface area contributed by atoms with E-state index >= 15 is 0 Å². The molecule has 5 heteroatoms. The van der Waals surface area contributed by atoms with E-state index in [1.165, 1.54) is 25.7 Å². The minimum Gasteiger partial charge on any atom is -0.339 e. The SMILES string of the molecule is CCC(c1noc(C2C3CCCCC32)n1)N1CCNCC1. The summed E-state index contributed by atoms with van der Waals surface area (Å²) < 4.78 is 5.65. The second-order valence-electron chi connectivity index (χ2n) is 6.84. The van der Waals surface area contributed by atoms with Gasteiger partial charge in [-0.25, -0.2) is 0 Å². The largest absolute Gasteiger partial charge is 0.339 e. The van der Waals surface area contributed by atoms with Crippen LogP contribution in [-0.4, -0.2) is 41.2 Å². The van der Waals surface area contributed by atoms with Crippen LogP contribution in [0.15, 0.2) is 4.52 Å². The minimum atomic E-state index is 0.324. The van der Waals surface area contributed by atoms with E-state index in [9.17, 15) is 0 Å². The summed E-state index contributed by atoms with van der Waals surface area (Å²) in [5.41, 5.74) is 0. The van der Waals surface area contributed by atoms with Gasteiger partial charge in [-0.05, 0) is 31.1 Å². The standard InChI is InChI=1S/C16H26N4O/c1-2-13(20-9-7-17-8-10-20)15-18-16(21-19-15)14-11-5-3-4-6-12(11)14/h11-14,17H,2-10H2,1H3. The van der Waals surface area contributed by atoms with E-state index in [-0.39, 0.29) is 0 Å². The smallest absolute Gasteiger partial charge is 0.230 e. The zero-order chi connectivity index (χ0) is 14.2. The summed E-state index contributed by atoms with van der Waals surface area (Å²) in [4.78, 5) is 7.29. The molecule has 1 N–H and O–H groups in total. The fourth-order valence-electron chi connectivity index (χ4n) is 4.47. The van der Waals surface area contributed by atoms with Crippen molar-refractivity contribution in [2.45, 2.75) is 51.0 Å². The van der Waals surface area contributed by atoms with Crippen molar-refractivity contribution in [3.05, 3.63) is 11.7 Å². The Hall–Kier alpha value is -0.940. The molecule has 2 aliphatic carbocycles. The first-order valence-corrected chi connectivity index (χ1v) is 8.66. The molecule has 0 amide bonds. The first-order chi connectivity index (χ1) is 10.4. The lowest BCUT2D eigenvalue weighted by Crippen LogP contribution is -2.45. The molecular formula is C16H26N4O. The molecule has 5 nitrogen and oxygen atoms in total. The van der Waals surface area contributed by atoms with Crippen molar-refractivity contribution in [1.82, 2.24) is 20.4 Å². The number of rotatable bonds is 4. The Morgan fingerprint density at radius 3 is 2.62 bits per heavy atom. The monoisotopic (exact) mass is 290 g/mol. The maximum Gasteiger partial charge on any atom is 0.230 e. The Morgan fingerprint density at radius 2 is 1.95 bits per heavy atom. The highest BCUT2D eigenvalue weighted by atomic mass is 16.5. The maximum absolute atomic E-state index is 5.65. The van der Waals surface area contributed by atoms with Crippen LogP contribution in [0, 0.1) is 11.8 Å². The average Bonchev–Trinajstić information content (AvgIpc) is 3.09. The lowest BCUT2D eigenvalue weighted by Gasteiger charge is -2.32. The van der Waals surface area contributed by atoms with Gasteiger partial charge in [-0.1, -0.05) is 24.9 Å². The third-order valence-electron chi connectivity index (χ3n) is 5.68. The third kappa shape index (κ3) is 2.50. The van der Waals surface area contributed by atoms with Gasteiger partial charge in [0, 0.05) is 32.1 Å². The van der Waals surface area contributed by atoms with E-state index < -0.39 is 0 Å². The molecule has 0 spiro atoms. The quantitative estimate of drug-likeness (QED) is 0.922. The van der Waals surface area contributed by atoms with Crippen LogP contribution in [0.5, 0.6) is 0 Å². The molecule has 2 saturated carbocycles. The number of piperazine rings is 1. The van der Waals surface area contributed by atoms with Crippen molar-refractivity contribution < 1.29 is 4.52 Å². The highest BCUT2D eigenvalue weighted by Gasteiger charge is 2.54. The van der Waals surface area contributed by atoms with Gasteiger partial charge in [0.1, 0.15) is 0 Å². The number of hydrogen-bond acceptors (Lipinski definition) is 5. The fraction of sp³-hybridized carbons (Fsp3) is 0.875. The number of aromatic nitrogens is 2. The Bertz CT molecular complexity index is 470. The van der Waals surface area contributed by atoms with Crippen molar-refractivity contribution in [2.24, 2.45) is 11.8 Å². The van der Waals surface area contributed by atoms with Gasteiger partial charge in [0.15, 0.2) is 5.82 Å². The molecule has 3 atom stereocenters. The summed E-state index contributed by atoms with van der Waals surface area (Å²) in [5.74, 6) is 4.10. The van der Waals surface area contributed by atoms with E-state index in [1.807, 2.05) is 0 Å². The number of nitrogens with one attached hydrogen (secondary N) is 1. The van der Waals surface area contributed by atoms with E-state index in [0.717, 1.165) is 56.2 Å². The molecule has 2 heterocycles. The molecule has 4 rings (SSSR count). The molecule has 1 aromatic heterocycles. The average molecular weight is 290 g/mol. The second-order valence-corrected chi connectivity index (χ2v) is 6.84. The molecule has 3 aliphatic rings. The van der Waals surface area contributed by atoms with Crippen molar-refractivity contribution in [3.8, 4) is 0 Å². The molecule has 3 unspecified atom stereocenters. The van der Waals surface area contributed by atoms with Crippen molar-refractivity contribution in [2.75, 3.05) is 26.2 Å². The molecule has 1 aromatic rings. The van der Waals surface area contributed by atoms with Gasteiger partial charge >= 0.3 is 0 Å². The first kappa shape index (κ1) is 13.7. The van der Waals surface area contributed by atoms with Gasteiger partial charge in [0.05, 0.1) is 6.04 Å². The Morgan fingerprint density at radius 1 is 1.24 bits per heavy atom. The molecule has 3 fully saturated rings. The van der Waals surface area contributed by atoms with E-state index in [0.29, 0.717) is 12.0 Å².